The van der Waals surface area contributed by atoms with E-state index in [9.17, 15) is 0 Å². The van der Waals surface area contributed by atoms with Crippen LogP contribution in [-0.2, 0) is 17.1 Å². The van der Waals surface area contributed by atoms with E-state index in [-0.39, 0.29) is 18.5 Å². The van der Waals surface area contributed by atoms with Crippen molar-refractivity contribution in [2.45, 2.75) is 0 Å². The van der Waals surface area contributed by atoms with Crippen LogP contribution in [0.1, 0.15) is 1.43 Å². The van der Waals surface area contributed by atoms with Crippen LogP contribution < -0.4 is 0 Å². The Morgan fingerprint density at radius 2 is 1.60 bits per heavy atom. The van der Waals surface area contributed by atoms with Crippen LogP contribution in [0.4, 0.5) is 0 Å². The molecule has 0 fully saturated rings. The molecule has 0 saturated carbocycles. The Balaban J connectivity index is -0.0000000450. The first-order chi connectivity index (χ1) is 1.73. The molecule has 0 saturated heterocycles. The van der Waals surface area contributed by atoms with Crippen LogP contribution >= 0.6 is 0 Å². The van der Waals surface area contributed by atoms with E-state index in [0.717, 1.165) is 0 Å². The fourth-order valence-electron chi connectivity index (χ4n) is 0. The molecule has 0 aromatic heterocycles. The van der Waals surface area contributed by atoms with E-state index in [1.54, 1.807) is 0 Å². The van der Waals surface area contributed by atoms with Crippen molar-refractivity contribution < 1.29 is 23.6 Å². The Morgan fingerprint density at radius 1 is 1.60 bits per heavy atom. The van der Waals surface area contributed by atoms with Crippen molar-refractivity contribution in [2.24, 2.45) is 0 Å². The first-order valence-electron chi connectivity index (χ1n) is 0.548. The average molecular weight is 118 g/mol. The van der Waals surface area contributed by atoms with Gasteiger partial charge in [-0.25, -0.2) is 0 Å². The summed E-state index contributed by atoms with van der Waals surface area (Å²) in [6.45, 7) is 0. The van der Waals surface area contributed by atoms with Gasteiger partial charge in [-0.3, -0.25) is 0 Å². The summed E-state index contributed by atoms with van der Waals surface area (Å²) in [5.74, 6) is 0. The summed E-state index contributed by atoms with van der Waals surface area (Å²) >= 11 is 0. The standard InChI is InChI=1S/Mn.NO3/c;2-1(3)4/q;-1/p+1. The van der Waals surface area contributed by atoms with Crippen molar-refractivity contribution in [3.05, 3.63) is 15.3 Å². The molecule has 0 heterocycles. The summed E-state index contributed by atoms with van der Waals surface area (Å²) in [6, 6.07) is 0. The average Bonchev–Trinajstić information content (AvgIpc) is 0.811. The van der Waals surface area contributed by atoms with Crippen molar-refractivity contribution in [1.82, 2.24) is 0 Å². The van der Waals surface area contributed by atoms with Gasteiger partial charge in [0.1, 0.15) is 0 Å². The first-order valence-corrected chi connectivity index (χ1v) is 0.548. The molecule has 5 heavy (non-hydrogen) atoms. The summed E-state index contributed by atoms with van der Waals surface area (Å²) in [5.41, 5.74) is 0. The Kier molecular flexibility index (Phi) is 6.57. The van der Waals surface area contributed by atoms with Crippen LogP contribution in [0.3, 0.4) is 0 Å². The summed E-state index contributed by atoms with van der Waals surface area (Å²) in [4.78, 5) is 8.25. The molecule has 0 aliphatic rings. The summed E-state index contributed by atoms with van der Waals surface area (Å²) < 4.78 is 0. The predicted molar refractivity (Wildman–Crippen MR) is 11.5 cm³/mol. The van der Waals surface area contributed by atoms with E-state index in [2.05, 4.69) is 0 Å². The van der Waals surface area contributed by atoms with Gasteiger partial charge in [0.15, 0.2) is 0 Å². The van der Waals surface area contributed by atoms with E-state index in [0.29, 0.717) is 0 Å². The number of hydrogen-bond donors (Lipinski definition) is 0. The molecule has 0 aromatic rings. The molecule has 0 unspecified atom stereocenters. The van der Waals surface area contributed by atoms with E-state index in [4.69, 9.17) is 15.3 Å². The molecular formula is HMnNO3. The van der Waals surface area contributed by atoms with Crippen LogP contribution in [0, 0.1) is 15.3 Å². The van der Waals surface area contributed by atoms with Gasteiger partial charge in [-0.2, -0.15) is 0 Å². The van der Waals surface area contributed by atoms with Crippen LogP contribution in [-0.4, -0.2) is 5.09 Å². The molecule has 1 radical (unpaired) electrons. The minimum absolute atomic E-state index is 0. The molecule has 4 nitrogen and oxygen atoms in total. The molecule has 0 atom stereocenters. The Morgan fingerprint density at radius 3 is 1.60 bits per heavy atom. The van der Waals surface area contributed by atoms with Crippen LogP contribution in [0.2, 0.25) is 0 Å². The second-order valence-corrected chi connectivity index (χ2v) is 0.224. The van der Waals surface area contributed by atoms with Gasteiger partial charge in [0, 0.05) is 17.1 Å². The SMILES string of the molecule is O=[N+]([O-])[O-].[H+].[Mn]. The molecule has 0 spiro atoms. The van der Waals surface area contributed by atoms with Crippen LogP contribution in [0.15, 0.2) is 0 Å². The molecule has 0 amide bonds. The van der Waals surface area contributed by atoms with Gasteiger partial charge in [0.05, 0.1) is 5.09 Å². The van der Waals surface area contributed by atoms with Gasteiger partial charge < -0.3 is 15.3 Å². The van der Waals surface area contributed by atoms with E-state index >= 15 is 0 Å². The Bertz CT molecular complexity index is 33.8. The molecule has 0 aliphatic heterocycles. The van der Waals surface area contributed by atoms with E-state index < -0.39 is 5.09 Å². The third-order valence-corrected chi connectivity index (χ3v) is 0. The Labute approximate surface area is 39.9 Å². The maximum Gasteiger partial charge on any atom is 1.00 e. The summed E-state index contributed by atoms with van der Waals surface area (Å²) in [5, 5.41) is 14.8. The first kappa shape index (κ1) is 8.83. The van der Waals surface area contributed by atoms with Gasteiger partial charge in [-0.05, 0) is 0 Å². The second kappa shape index (κ2) is 3.72. The number of hydrogen-bond acceptors (Lipinski definition) is 3. The third-order valence-electron chi connectivity index (χ3n) is 0. The predicted octanol–water partition coefficient (Wildman–Crippen LogP) is -0.129. The van der Waals surface area contributed by atoms with Crippen molar-refractivity contribution in [1.29, 1.82) is 0 Å². The Hall–Kier alpha value is -0.281. The number of rotatable bonds is 0. The summed E-state index contributed by atoms with van der Waals surface area (Å²) in [7, 11) is 0. The largest absolute Gasteiger partial charge is 1.00 e. The molecule has 5 heteroatoms. The normalized spacial score (nSPS) is 4.80. The molecule has 0 aromatic carbocycles. The third kappa shape index (κ3) is 140. The van der Waals surface area contributed by atoms with Crippen LogP contribution in [0.5, 0.6) is 0 Å². The van der Waals surface area contributed by atoms with Gasteiger partial charge >= 0.3 is 1.43 Å². The zero-order valence-electron chi connectivity index (χ0n) is 3.05. The molecule has 0 bridgehead atoms. The van der Waals surface area contributed by atoms with E-state index in [1.807, 2.05) is 0 Å². The topological polar surface area (TPSA) is 66.2 Å². The van der Waals surface area contributed by atoms with Gasteiger partial charge in [0.25, 0.3) is 0 Å². The van der Waals surface area contributed by atoms with Gasteiger partial charge in [0.2, 0.25) is 0 Å². The summed E-state index contributed by atoms with van der Waals surface area (Å²) in [6.07, 6.45) is 0. The quantitative estimate of drug-likeness (QED) is 0.253. The van der Waals surface area contributed by atoms with Crippen molar-refractivity contribution in [3.63, 3.8) is 0 Å². The zero-order valence-corrected chi connectivity index (χ0v) is 3.23. The van der Waals surface area contributed by atoms with Crippen molar-refractivity contribution in [3.8, 4) is 0 Å². The van der Waals surface area contributed by atoms with Gasteiger partial charge in [-0.1, -0.05) is 0 Å². The van der Waals surface area contributed by atoms with Gasteiger partial charge in [-0.15, -0.1) is 0 Å². The van der Waals surface area contributed by atoms with Crippen molar-refractivity contribution in [2.75, 3.05) is 0 Å². The van der Waals surface area contributed by atoms with Crippen LogP contribution in [0.25, 0.3) is 0 Å². The molecular weight excluding hydrogens is 117 g/mol. The maximum atomic E-state index is 8.25. The number of nitrogens with zero attached hydrogens (tertiary/aromatic N) is 1. The maximum absolute atomic E-state index is 8.25. The molecule has 0 rings (SSSR count). The second-order valence-electron chi connectivity index (χ2n) is 0.224. The fourth-order valence-corrected chi connectivity index (χ4v) is 0. The molecule has 0 N–H and O–H groups in total. The zero-order chi connectivity index (χ0) is 3.58. The molecule has 0 aliphatic carbocycles. The molecule has 31 valence electrons. The monoisotopic (exact) mass is 118 g/mol. The van der Waals surface area contributed by atoms with E-state index in [1.165, 1.54) is 0 Å². The smallest absolute Gasteiger partial charge is 0.356 e. The fraction of sp³-hybridized carbons (Fsp3) is 0. The van der Waals surface area contributed by atoms with Crippen molar-refractivity contribution >= 4 is 0 Å². The minimum atomic E-state index is -1.75. The minimum Gasteiger partial charge on any atom is -0.356 e.